The molecule has 0 amide bonds. The molecule has 0 radical (unpaired) electrons. The maximum Gasteiger partial charge on any atom is 0.315 e. The van der Waals surface area contributed by atoms with Crippen LogP contribution in [0.1, 0.15) is 43.0 Å². The third kappa shape index (κ3) is 3.64. The first-order chi connectivity index (χ1) is 10.0. The fourth-order valence-corrected chi connectivity index (χ4v) is 2.51. The van der Waals surface area contributed by atoms with Crippen LogP contribution in [0.4, 0.5) is 5.69 Å². The Balaban J connectivity index is 2.46. The van der Waals surface area contributed by atoms with Crippen LogP contribution in [0.15, 0.2) is 12.1 Å². The maximum atomic E-state index is 11.3. The molecular formula is C14H16ClNO5. The molecule has 0 bridgehead atoms. The summed E-state index contributed by atoms with van der Waals surface area (Å²) in [6.07, 6.45) is 3.89. The largest absolute Gasteiger partial charge is 0.486 e. The second kappa shape index (κ2) is 6.76. The predicted octanol–water partition coefficient (Wildman–Crippen LogP) is 3.69. The molecule has 6 nitrogen and oxygen atoms in total. The highest BCUT2D eigenvalue weighted by atomic mass is 35.5. The van der Waals surface area contributed by atoms with Gasteiger partial charge in [0.05, 0.1) is 17.6 Å². The lowest BCUT2D eigenvalue weighted by Crippen LogP contribution is -2.13. The van der Waals surface area contributed by atoms with E-state index < -0.39 is 10.2 Å². The average molecular weight is 314 g/mol. The van der Waals surface area contributed by atoms with E-state index in [1.165, 1.54) is 6.07 Å². The van der Waals surface area contributed by atoms with Gasteiger partial charge in [0.25, 0.3) is 5.24 Å². The standard InChI is InChI=1S/C14H16ClNO5/c1-2-20-13-11(16(18)19)7-9(14(15)17)8-12(13)21-10-5-3-4-6-10/h7-8,10H,2-6H2,1H3. The Kier molecular flexibility index (Phi) is 5.01. The Morgan fingerprint density at radius 3 is 2.62 bits per heavy atom. The lowest BCUT2D eigenvalue weighted by Gasteiger charge is -2.17. The minimum Gasteiger partial charge on any atom is -0.486 e. The van der Waals surface area contributed by atoms with E-state index in [4.69, 9.17) is 21.1 Å². The topological polar surface area (TPSA) is 78.7 Å². The zero-order valence-corrected chi connectivity index (χ0v) is 12.4. The number of ether oxygens (including phenoxy) is 2. The minimum atomic E-state index is -0.766. The van der Waals surface area contributed by atoms with Gasteiger partial charge in [-0.3, -0.25) is 14.9 Å². The van der Waals surface area contributed by atoms with Gasteiger partial charge in [0.2, 0.25) is 5.75 Å². The molecule has 0 heterocycles. The highest BCUT2D eigenvalue weighted by Crippen LogP contribution is 2.40. The van der Waals surface area contributed by atoms with Gasteiger partial charge in [0, 0.05) is 11.6 Å². The highest BCUT2D eigenvalue weighted by molar-refractivity contribution is 6.67. The Labute approximate surface area is 127 Å². The van der Waals surface area contributed by atoms with Crippen LogP contribution in [0.25, 0.3) is 0 Å². The van der Waals surface area contributed by atoms with Gasteiger partial charge >= 0.3 is 5.69 Å². The van der Waals surface area contributed by atoms with E-state index in [1.54, 1.807) is 6.92 Å². The minimum absolute atomic E-state index is 0.00973. The highest BCUT2D eigenvalue weighted by Gasteiger charge is 2.26. The fraction of sp³-hybridized carbons (Fsp3) is 0.500. The van der Waals surface area contributed by atoms with Crippen molar-refractivity contribution in [2.75, 3.05) is 6.61 Å². The van der Waals surface area contributed by atoms with Crippen molar-refractivity contribution in [3.63, 3.8) is 0 Å². The van der Waals surface area contributed by atoms with Crippen molar-refractivity contribution in [2.45, 2.75) is 38.7 Å². The van der Waals surface area contributed by atoms with Crippen molar-refractivity contribution in [3.8, 4) is 11.5 Å². The van der Waals surface area contributed by atoms with Crippen molar-refractivity contribution in [3.05, 3.63) is 27.8 Å². The SMILES string of the molecule is CCOc1c(OC2CCCC2)cc(C(=O)Cl)cc1[N+](=O)[O-]. The molecular weight excluding hydrogens is 298 g/mol. The lowest BCUT2D eigenvalue weighted by atomic mass is 10.1. The third-order valence-electron chi connectivity index (χ3n) is 3.34. The van der Waals surface area contributed by atoms with Gasteiger partial charge in [0.1, 0.15) is 0 Å². The summed E-state index contributed by atoms with van der Waals surface area (Å²) in [6.45, 7) is 1.99. The van der Waals surface area contributed by atoms with E-state index in [1.807, 2.05) is 0 Å². The van der Waals surface area contributed by atoms with E-state index in [2.05, 4.69) is 0 Å². The van der Waals surface area contributed by atoms with Crippen molar-refractivity contribution in [1.29, 1.82) is 0 Å². The van der Waals surface area contributed by atoms with Gasteiger partial charge in [-0.05, 0) is 50.3 Å². The number of benzene rings is 1. The molecule has 1 aromatic rings. The molecule has 0 aliphatic heterocycles. The molecule has 21 heavy (non-hydrogen) atoms. The summed E-state index contributed by atoms with van der Waals surface area (Å²) < 4.78 is 11.2. The van der Waals surface area contributed by atoms with Crippen LogP contribution >= 0.6 is 11.6 Å². The number of carbonyl (C=O) groups is 1. The van der Waals surface area contributed by atoms with Gasteiger partial charge in [-0.25, -0.2) is 0 Å². The van der Waals surface area contributed by atoms with Crippen LogP contribution in [-0.4, -0.2) is 22.9 Å². The number of hydrogen-bond donors (Lipinski definition) is 0. The molecule has 0 spiro atoms. The Morgan fingerprint density at radius 1 is 1.43 bits per heavy atom. The van der Waals surface area contributed by atoms with E-state index in [-0.39, 0.29) is 35.5 Å². The molecule has 1 fully saturated rings. The lowest BCUT2D eigenvalue weighted by molar-refractivity contribution is -0.386. The summed E-state index contributed by atoms with van der Waals surface area (Å²) in [6, 6.07) is 2.52. The van der Waals surface area contributed by atoms with Crippen LogP contribution in [0.2, 0.25) is 0 Å². The summed E-state index contributed by atoms with van der Waals surface area (Å²) in [5.41, 5.74) is -0.281. The second-order valence-electron chi connectivity index (χ2n) is 4.81. The molecule has 0 aromatic heterocycles. The third-order valence-corrected chi connectivity index (χ3v) is 3.56. The van der Waals surface area contributed by atoms with E-state index in [9.17, 15) is 14.9 Å². The van der Waals surface area contributed by atoms with E-state index in [0.717, 1.165) is 31.7 Å². The first kappa shape index (κ1) is 15.6. The number of halogens is 1. The molecule has 1 saturated carbocycles. The molecule has 0 N–H and O–H groups in total. The molecule has 0 saturated heterocycles. The summed E-state index contributed by atoms with van der Waals surface area (Å²) in [4.78, 5) is 21.9. The zero-order chi connectivity index (χ0) is 15.4. The van der Waals surface area contributed by atoms with Gasteiger partial charge in [-0.1, -0.05) is 0 Å². The van der Waals surface area contributed by atoms with Crippen molar-refractivity contribution in [1.82, 2.24) is 0 Å². The Hall–Kier alpha value is -1.82. The first-order valence-electron chi connectivity index (χ1n) is 6.84. The maximum absolute atomic E-state index is 11.3. The van der Waals surface area contributed by atoms with Gasteiger partial charge in [-0.15, -0.1) is 0 Å². The van der Waals surface area contributed by atoms with Gasteiger partial charge in [-0.2, -0.15) is 0 Å². The normalized spacial score (nSPS) is 15.0. The smallest absolute Gasteiger partial charge is 0.315 e. The van der Waals surface area contributed by atoms with Crippen LogP contribution in [0.5, 0.6) is 11.5 Å². The number of carbonyl (C=O) groups excluding carboxylic acids is 1. The van der Waals surface area contributed by atoms with Gasteiger partial charge < -0.3 is 9.47 Å². The number of nitrogens with zero attached hydrogens (tertiary/aromatic N) is 1. The summed E-state index contributed by atoms with van der Waals surface area (Å²) in [7, 11) is 0. The second-order valence-corrected chi connectivity index (χ2v) is 5.15. The molecule has 1 aromatic carbocycles. The number of nitro benzene ring substituents is 1. The molecule has 0 atom stereocenters. The number of nitro groups is 1. The van der Waals surface area contributed by atoms with Crippen LogP contribution in [0.3, 0.4) is 0 Å². The summed E-state index contributed by atoms with van der Waals surface area (Å²) >= 11 is 5.44. The van der Waals surface area contributed by atoms with Crippen LogP contribution < -0.4 is 9.47 Å². The van der Waals surface area contributed by atoms with Crippen molar-refractivity contribution < 1.29 is 19.2 Å². The predicted molar refractivity (Wildman–Crippen MR) is 77.3 cm³/mol. The zero-order valence-electron chi connectivity index (χ0n) is 11.6. The number of hydrogen-bond acceptors (Lipinski definition) is 5. The molecule has 2 rings (SSSR count). The quantitative estimate of drug-likeness (QED) is 0.454. The van der Waals surface area contributed by atoms with Crippen LogP contribution in [-0.2, 0) is 0 Å². The summed E-state index contributed by atoms with van der Waals surface area (Å²) in [5, 5.41) is 10.4. The molecule has 114 valence electrons. The fourth-order valence-electron chi connectivity index (χ4n) is 2.40. The molecule has 1 aliphatic carbocycles. The van der Waals surface area contributed by atoms with Crippen molar-refractivity contribution in [2.24, 2.45) is 0 Å². The van der Waals surface area contributed by atoms with Gasteiger partial charge in [0.15, 0.2) is 5.75 Å². The van der Waals surface area contributed by atoms with E-state index in [0.29, 0.717) is 0 Å². The average Bonchev–Trinajstić information content (AvgIpc) is 2.93. The Morgan fingerprint density at radius 2 is 2.10 bits per heavy atom. The Bertz CT molecular complexity index is 555. The first-order valence-corrected chi connectivity index (χ1v) is 7.22. The van der Waals surface area contributed by atoms with E-state index >= 15 is 0 Å². The van der Waals surface area contributed by atoms with Crippen molar-refractivity contribution >= 4 is 22.5 Å². The molecule has 7 heteroatoms. The summed E-state index contributed by atoms with van der Waals surface area (Å²) in [5.74, 6) is 0.262. The van der Waals surface area contributed by atoms with Crippen LogP contribution in [0, 0.1) is 10.1 Å². The molecule has 0 unspecified atom stereocenters. The number of rotatable bonds is 6. The monoisotopic (exact) mass is 313 g/mol. The molecule has 1 aliphatic rings.